The summed E-state index contributed by atoms with van der Waals surface area (Å²) in [6.07, 6.45) is 1.63. The van der Waals surface area contributed by atoms with Gasteiger partial charge in [0.25, 0.3) is 5.56 Å². The van der Waals surface area contributed by atoms with E-state index in [0.29, 0.717) is 11.3 Å². The normalized spacial score (nSPS) is 10.9. The Labute approximate surface area is 117 Å². The molecule has 102 valence electrons. The van der Waals surface area contributed by atoms with Gasteiger partial charge in [0.05, 0.1) is 6.21 Å². The Kier molecular flexibility index (Phi) is 3.57. The standard InChI is InChI=1S/C15H16N4O/c1-9-5-11(3)19(15(20)14(9)7-16)17-8-13-6-10(2)18-12(13)4/h5-6,8,18H,1-4H3/b17-8-. The number of nitrogens with one attached hydrogen (secondary N) is 1. The topological polar surface area (TPSA) is 73.9 Å². The SMILES string of the molecule is Cc1cc(/C=N\n2c(C)cc(C)c(C#N)c2=O)c(C)[nH]1. The van der Waals surface area contributed by atoms with Crippen LogP contribution in [-0.4, -0.2) is 15.9 Å². The van der Waals surface area contributed by atoms with Gasteiger partial charge in [-0.2, -0.15) is 10.4 Å². The summed E-state index contributed by atoms with van der Waals surface area (Å²) in [6, 6.07) is 5.67. The van der Waals surface area contributed by atoms with E-state index in [-0.39, 0.29) is 11.1 Å². The maximum absolute atomic E-state index is 12.2. The molecule has 2 heterocycles. The minimum atomic E-state index is -0.383. The molecule has 2 aromatic heterocycles. The highest BCUT2D eigenvalue weighted by molar-refractivity contribution is 5.81. The van der Waals surface area contributed by atoms with Gasteiger partial charge in [0.15, 0.2) is 0 Å². The van der Waals surface area contributed by atoms with E-state index in [1.807, 2.05) is 26.0 Å². The van der Waals surface area contributed by atoms with Crippen molar-refractivity contribution < 1.29 is 0 Å². The van der Waals surface area contributed by atoms with Crippen molar-refractivity contribution in [3.8, 4) is 6.07 Å². The van der Waals surface area contributed by atoms with Gasteiger partial charge in [-0.05, 0) is 45.4 Å². The molecule has 0 aromatic carbocycles. The molecular weight excluding hydrogens is 252 g/mol. The number of aromatic amines is 1. The fourth-order valence-electron chi connectivity index (χ4n) is 2.16. The summed E-state index contributed by atoms with van der Waals surface area (Å²) in [5.74, 6) is 0. The third-order valence-corrected chi connectivity index (χ3v) is 3.17. The maximum Gasteiger partial charge on any atom is 0.289 e. The average Bonchev–Trinajstić information content (AvgIpc) is 2.67. The van der Waals surface area contributed by atoms with E-state index in [1.165, 1.54) is 4.68 Å². The average molecular weight is 268 g/mol. The predicted octanol–water partition coefficient (Wildman–Crippen LogP) is 2.16. The molecule has 0 bridgehead atoms. The van der Waals surface area contributed by atoms with Crippen LogP contribution in [0.5, 0.6) is 0 Å². The Morgan fingerprint density at radius 3 is 2.55 bits per heavy atom. The van der Waals surface area contributed by atoms with Crippen LogP contribution < -0.4 is 5.56 Å². The van der Waals surface area contributed by atoms with Crippen molar-refractivity contribution in [2.75, 3.05) is 0 Å². The van der Waals surface area contributed by atoms with Gasteiger partial charge in [-0.15, -0.1) is 0 Å². The highest BCUT2D eigenvalue weighted by atomic mass is 16.1. The number of aromatic nitrogens is 2. The molecule has 0 amide bonds. The fourth-order valence-corrected chi connectivity index (χ4v) is 2.16. The van der Waals surface area contributed by atoms with Crippen LogP contribution in [0.4, 0.5) is 0 Å². The van der Waals surface area contributed by atoms with Gasteiger partial charge in [0, 0.05) is 22.6 Å². The Morgan fingerprint density at radius 1 is 1.30 bits per heavy atom. The summed E-state index contributed by atoms with van der Waals surface area (Å²) in [5, 5.41) is 13.2. The number of H-pyrrole nitrogens is 1. The first-order valence-electron chi connectivity index (χ1n) is 6.28. The lowest BCUT2D eigenvalue weighted by molar-refractivity contribution is 0.786. The zero-order valence-electron chi connectivity index (χ0n) is 12.0. The molecule has 0 saturated carbocycles. The van der Waals surface area contributed by atoms with E-state index in [9.17, 15) is 4.79 Å². The Morgan fingerprint density at radius 2 is 2.00 bits per heavy atom. The van der Waals surface area contributed by atoms with E-state index in [4.69, 9.17) is 5.26 Å². The molecule has 0 aliphatic carbocycles. The molecule has 5 nitrogen and oxygen atoms in total. The van der Waals surface area contributed by atoms with Crippen molar-refractivity contribution in [3.05, 3.63) is 56.3 Å². The molecule has 2 aromatic rings. The van der Waals surface area contributed by atoms with E-state index < -0.39 is 0 Å². The summed E-state index contributed by atoms with van der Waals surface area (Å²) in [7, 11) is 0. The summed E-state index contributed by atoms with van der Waals surface area (Å²) in [6.45, 7) is 7.45. The molecule has 0 aliphatic rings. The van der Waals surface area contributed by atoms with Crippen molar-refractivity contribution in [3.63, 3.8) is 0 Å². The minimum absolute atomic E-state index is 0.134. The van der Waals surface area contributed by atoms with Gasteiger partial charge in [-0.25, -0.2) is 4.68 Å². The number of nitrogens with zero attached hydrogens (tertiary/aromatic N) is 3. The maximum atomic E-state index is 12.2. The van der Waals surface area contributed by atoms with Gasteiger partial charge < -0.3 is 4.98 Å². The largest absolute Gasteiger partial charge is 0.362 e. The monoisotopic (exact) mass is 268 g/mol. The van der Waals surface area contributed by atoms with Crippen molar-refractivity contribution in [1.29, 1.82) is 5.26 Å². The number of rotatable bonds is 2. The number of hydrogen-bond donors (Lipinski definition) is 1. The summed E-state index contributed by atoms with van der Waals surface area (Å²) >= 11 is 0. The highest BCUT2D eigenvalue weighted by Crippen LogP contribution is 2.08. The molecule has 0 fully saturated rings. The first kappa shape index (κ1) is 13.8. The van der Waals surface area contributed by atoms with Crippen LogP contribution in [0.1, 0.15) is 33.8 Å². The Balaban J connectivity index is 2.53. The minimum Gasteiger partial charge on any atom is -0.362 e. The second kappa shape index (κ2) is 5.17. The van der Waals surface area contributed by atoms with Gasteiger partial charge in [0.2, 0.25) is 0 Å². The lowest BCUT2D eigenvalue weighted by Gasteiger charge is -2.06. The van der Waals surface area contributed by atoms with Crippen LogP contribution in [0.25, 0.3) is 0 Å². The molecule has 0 radical (unpaired) electrons. The molecule has 0 saturated heterocycles. The fraction of sp³-hybridized carbons (Fsp3) is 0.267. The molecule has 2 rings (SSSR count). The summed E-state index contributed by atoms with van der Waals surface area (Å²) in [5.41, 5.74) is 4.08. The van der Waals surface area contributed by atoms with Gasteiger partial charge >= 0.3 is 0 Å². The zero-order valence-corrected chi connectivity index (χ0v) is 12.0. The summed E-state index contributed by atoms with van der Waals surface area (Å²) < 4.78 is 1.26. The van der Waals surface area contributed by atoms with Crippen LogP contribution in [-0.2, 0) is 0 Å². The molecule has 20 heavy (non-hydrogen) atoms. The van der Waals surface area contributed by atoms with Crippen LogP contribution in [0, 0.1) is 39.0 Å². The molecule has 5 heteroatoms. The molecule has 0 unspecified atom stereocenters. The Bertz CT molecular complexity index is 787. The number of pyridine rings is 1. The van der Waals surface area contributed by atoms with Gasteiger partial charge in [0.1, 0.15) is 11.6 Å². The lowest BCUT2D eigenvalue weighted by Crippen LogP contribution is -2.22. The molecule has 0 spiro atoms. The van der Waals surface area contributed by atoms with E-state index in [1.54, 1.807) is 26.1 Å². The number of hydrogen-bond acceptors (Lipinski definition) is 3. The molecular formula is C15H16N4O. The quantitative estimate of drug-likeness (QED) is 0.847. The lowest BCUT2D eigenvalue weighted by atomic mass is 10.1. The van der Waals surface area contributed by atoms with Crippen molar-refractivity contribution in [2.24, 2.45) is 5.10 Å². The number of aryl methyl sites for hydroxylation is 4. The van der Waals surface area contributed by atoms with E-state index >= 15 is 0 Å². The summed E-state index contributed by atoms with van der Waals surface area (Å²) in [4.78, 5) is 15.3. The van der Waals surface area contributed by atoms with Crippen LogP contribution in [0.15, 0.2) is 22.0 Å². The highest BCUT2D eigenvalue weighted by Gasteiger charge is 2.09. The third kappa shape index (κ3) is 2.41. The van der Waals surface area contributed by atoms with E-state index in [0.717, 1.165) is 17.0 Å². The van der Waals surface area contributed by atoms with Crippen molar-refractivity contribution in [1.82, 2.24) is 9.66 Å². The van der Waals surface area contributed by atoms with Gasteiger partial charge in [-0.3, -0.25) is 4.79 Å². The second-order valence-electron chi connectivity index (χ2n) is 4.85. The number of nitriles is 1. The second-order valence-corrected chi connectivity index (χ2v) is 4.85. The van der Waals surface area contributed by atoms with Crippen LogP contribution in [0.2, 0.25) is 0 Å². The zero-order chi connectivity index (χ0) is 14.9. The molecule has 0 atom stereocenters. The predicted molar refractivity (Wildman–Crippen MR) is 78.1 cm³/mol. The van der Waals surface area contributed by atoms with E-state index in [2.05, 4.69) is 10.1 Å². The first-order chi connectivity index (χ1) is 9.43. The molecule has 1 N–H and O–H groups in total. The Hall–Kier alpha value is -2.61. The van der Waals surface area contributed by atoms with Gasteiger partial charge in [-0.1, -0.05) is 0 Å². The van der Waals surface area contributed by atoms with Crippen LogP contribution in [0.3, 0.4) is 0 Å². The van der Waals surface area contributed by atoms with Crippen molar-refractivity contribution >= 4 is 6.21 Å². The first-order valence-corrected chi connectivity index (χ1v) is 6.28. The van der Waals surface area contributed by atoms with Crippen molar-refractivity contribution in [2.45, 2.75) is 27.7 Å². The smallest absolute Gasteiger partial charge is 0.289 e. The van der Waals surface area contributed by atoms with Crippen LogP contribution >= 0.6 is 0 Å². The molecule has 0 aliphatic heterocycles. The third-order valence-electron chi connectivity index (χ3n) is 3.17.